The number of carbonyl (C=O) groups excluding carboxylic acids is 1. The zero-order valence-corrected chi connectivity index (χ0v) is 10.5. The van der Waals surface area contributed by atoms with Gasteiger partial charge in [0.2, 0.25) is 0 Å². The van der Waals surface area contributed by atoms with Crippen molar-refractivity contribution in [3.63, 3.8) is 0 Å². The van der Waals surface area contributed by atoms with Crippen LogP contribution in [0.25, 0.3) is 0 Å². The Hall–Kier alpha value is -1.29. The van der Waals surface area contributed by atoms with E-state index in [2.05, 4.69) is 22.0 Å². The normalized spacial score (nSPS) is 16.8. The molecule has 1 fully saturated rings. The van der Waals surface area contributed by atoms with Crippen molar-refractivity contribution in [2.45, 2.75) is 26.3 Å². The van der Waals surface area contributed by atoms with Crippen LogP contribution < -0.4 is 5.32 Å². The largest absolute Gasteiger partial charge is 0.464 e. The standard InChI is InChI=1S/C13H20N2O2/c1-9(10-3-4-10)7-14-8-11-5-6-12(15-11)13(16)17-2/h5-6,9-10,14-15H,3-4,7-8H2,1-2H3. The Labute approximate surface area is 102 Å². The van der Waals surface area contributed by atoms with Crippen molar-refractivity contribution >= 4 is 5.97 Å². The monoisotopic (exact) mass is 236 g/mol. The van der Waals surface area contributed by atoms with Crippen LogP contribution in [0.1, 0.15) is 35.9 Å². The maximum Gasteiger partial charge on any atom is 0.354 e. The van der Waals surface area contributed by atoms with Crippen LogP contribution in [0.15, 0.2) is 12.1 Å². The molecule has 4 heteroatoms. The van der Waals surface area contributed by atoms with Gasteiger partial charge < -0.3 is 15.0 Å². The fraction of sp³-hybridized carbons (Fsp3) is 0.615. The number of hydrogen-bond acceptors (Lipinski definition) is 3. The Bertz CT molecular complexity index is 383. The smallest absolute Gasteiger partial charge is 0.354 e. The summed E-state index contributed by atoms with van der Waals surface area (Å²) < 4.78 is 4.64. The second-order valence-corrected chi connectivity index (χ2v) is 4.83. The molecule has 0 amide bonds. The summed E-state index contributed by atoms with van der Waals surface area (Å²) in [5.41, 5.74) is 1.54. The maximum absolute atomic E-state index is 11.2. The van der Waals surface area contributed by atoms with Crippen molar-refractivity contribution < 1.29 is 9.53 Å². The van der Waals surface area contributed by atoms with Crippen LogP contribution in [0.5, 0.6) is 0 Å². The van der Waals surface area contributed by atoms with Gasteiger partial charge in [0, 0.05) is 12.2 Å². The summed E-state index contributed by atoms with van der Waals surface area (Å²) in [7, 11) is 1.39. The van der Waals surface area contributed by atoms with Crippen molar-refractivity contribution in [3.05, 3.63) is 23.5 Å². The first kappa shape index (κ1) is 12.2. The molecule has 0 aromatic carbocycles. The summed E-state index contributed by atoms with van der Waals surface area (Å²) in [6, 6.07) is 3.67. The van der Waals surface area contributed by atoms with E-state index in [-0.39, 0.29) is 5.97 Å². The lowest BCUT2D eigenvalue weighted by Gasteiger charge is -2.10. The Balaban J connectivity index is 1.74. The van der Waals surface area contributed by atoms with E-state index < -0.39 is 0 Å². The van der Waals surface area contributed by atoms with Crippen molar-refractivity contribution in [2.24, 2.45) is 11.8 Å². The zero-order chi connectivity index (χ0) is 12.3. The molecule has 4 nitrogen and oxygen atoms in total. The average Bonchev–Trinajstić information content (AvgIpc) is 3.08. The van der Waals surface area contributed by atoms with Gasteiger partial charge in [-0.25, -0.2) is 4.79 Å². The topological polar surface area (TPSA) is 54.1 Å². The van der Waals surface area contributed by atoms with Gasteiger partial charge in [-0.15, -0.1) is 0 Å². The highest BCUT2D eigenvalue weighted by Gasteiger charge is 2.27. The molecule has 0 spiro atoms. The number of aromatic nitrogens is 1. The number of esters is 1. The van der Waals surface area contributed by atoms with Gasteiger partial charge >= 0.3 is 5.97 Å². The first-order chi connectivity index (χ1) is 8.20. The molecule has 17 heavy (non-hydrogen) atoms. The van der Waals surface area contributed by atoms with Crippen LogP contribution in [-0.4, -0.2) is 24.6 Å². The van der Waals surface area contributed by atoms with Crippen LogP contribution in [0.4, 0.5) is 0 Å². The van der Waals surface area contributed by atoms with E-state index in [0.717, 1.165) is 30.6 Å². The van der Waals surface area contributed by atoms with E-state index in [0.29, 0.717) is 5.69 Å². The van der Waals surface area contributed by atoms with Gasteiger partial charge in [0.05, 0.1) is 7.11 Å². The van der Waals surface area contributed by atoms with Crippen molar-refractivity contribution in [2.75, 3.05) is 13.7 Å². The molecule has 0 radical (unpaired) electrons. The van der Waals surface area contributed by atoms with Crippen LogP contribution in [0.3, 0.4) is 0 Å². The van der Waals surface area contributed by atoms with Crippen LogP contribution >= 0.6 is 0 Å². The second-order valence-electron chi connectivity index (χ2n) is 4.83. The van der Waals surface area contributed by atoms with Crippen LogP contribution in [0.2, 0.25) is 0 Å². The van der Waals surface area contributed by atoms with E-state index in [1.54, 1.807) is 6.07 Å². The highest BCUT2D eigenvalue weighted by molar-refractivity contribution is 5.87. The lowest BCUT2D eigenvalue weighted by atomic mass is 10.1. The van der Waals surface area contributed by atoms with Crippen LogP contribution in [0, 0.1) is 11.8 Å². The molecule has 0 aliphatic heterocycles. The predicted molar refractivity (Wildman–Crippen MR) is 65.7 cm³/mol. The molecule has 1 aliphatic rings. The van der Waals surface area contributed by atoms with E-state index in [1.807, 2.05) is 6.07 Å². The molecule has 94 valence electrons. The summed E-state index contributed by atoms with van der Waals surface area (Å²) in [5.74, 6) is 1.37. The number of methoxy groups -OCH3 is 1. The van der Waals surface area contributed by atoms with E-state index in [4.69, 9.17) is 0 Å². The first-order valence-corrected chi connectivity index (χ1v) is 6.17. The number of rotatable bonds is 6. The van der Waals surface area contributed by atoms with Gasteiger partial charge in [-0.05, 0) is 43.4 Å². The minimum Gasteiger partial charge on any atom is -0.464 e. The third-order valence-electron chi connectivity index (χ3n) is 3.36. The molecule has 0 bridgehead atoms. The summed E-state index contributed by atoms with van der Waals surface area (Å²) >= 11 is 0. The van der Waals surface area contributed by atoms with Gasteiger partial charge in [0.25, 0.3) is 0 Å². The average molecular weight is 236 g/mol. The molecule has 2 rings (SSSR count). The number of aromatic amines is 1. The minimum atomic E-state index is -0.317. The molecule has 1 aromatic heterocycles. The molecule has 0 saturated heterocycles. The molecule has 1 aliphatic carbocycles. The quantitative estimate of drug-likeness (QED) is 0.742. The molecule has 2 N–H and O–H groups in total. The second kappa shape index (κ2) is 5.36. The van der Waals surface area contributed by atoms with Crippen molar-refractivity contribution in [3.8, 4) is 0 Å². The van der Waals surface area contributed by atoms with E-state index in [9.17, 15) is 4.79 Å². The summed E-state index contributed by atoms with van der Waals surface area (Å²) in [5, 5.41) is 3.41. The highest BCUT2D eigenvalue weighted by Crippen LogP contribution is 2.36. The lowest BCUT2D eigenvalue weighted by Crippen LogP contribution is -2.22. The zero-order valence-electron chi connectivity index (χ0n) is 10.5. The molecule has 1 saturated carbocycles. The van der Waals surface area contributed by atoms with Crippen molar-refractivity contribution in [1.29, 1.82) is 0 Å². The number of H-pyrrole nitrogens is 1. The fourth-order valence-electron chi connectivity index (χ4n) is 2.04. The fourth-order valence-corrected chi connectivity index (χ4v) is 2.04. The van der Waals surface area contributed by atoms with Crippen molar-refractivity contribution in [1.82, 2.24) is 10.3 Å². The van der Waals surface area contributed by atoms with E-state index in [1.165, 1.54) is 20.0 Å². The highest BCUT2D eigenvalue weighted by atomic mass is 16.5. The Kier molecular flexibility index (Phi) is 3.84. The minimum absolute atomic E-state index is 0.317. The number of carbonyl (C=O) groups is 1. The third-order valence-corrected chi connectivity index (χ3v) is 3.36. The molecule has 1 aromatic rings. The van der Waals surface area contributed by atoms with Gasteiger partial charge in [-0.3, -0.25) is 0 Å². The first-order valence-electron chi connectivity index (χ1n) is 6.17. The van der Waals surface area contributed by atoms with Crippen LogP contribution in [-0.2, 0) is 11.3 Å². The van der Waals surface area contributed by atoms with E-state index >= 15 is 0 Å². The Morgan fingerprint density at radius 2 is 2.35 bits per heavy atom. The molecular formula is C13H20N2O2. The molecule has 1 heterocycles. The third kappa shape index (κ3) is 3.33. The van der Waals surface area contributed by atoms with Gasteiger partial charge in [0.15, 0.2) is 0 Å². The van der Waals surface area contributed by atoms with Gasteiger partial charge in [-0.1, -0.05) is 6.92 Å². The molecular weight excluding hydrogens is 216 g/mol. The predicted octanol–water partition coefficient (Wildman–Crippen LogP) is 1.94. The number of hydrogen-bond donors (Lipinski definition) is 2. The lowest BCUT2D eigenvalue weighted by molar-refractivity contribution is 0.0594. The number of ether oxygens (including phenoxy) is 1. The Morgan fingerprint density at radius 3 is 3.00 bits per heavy atom. The van der Waals surface area contributed by atoms with Gasteiger partial charge in [-0.2, -0.15) is 0 Å². The van der Waals surface area contributed by atoms with Gasteiger partial charge in [0.1, 0.15) is 5.69 Å². The maximum atomic E-state index is 11.2. The molecule has 1 unspecified atom stereocenters. The SMILES string of the molecule is COC(=O)c1ccc(CNCC(C)C2CC2)[nH]1. The summed E-state index contributed by atoms with van der Waals surface area (Å²) in [4.78, 5) is 14.3. The Morgan fingerprint density at radius 1 is 1.59 bits per heavy atom. The molecule has 1 atom stereocenters. The summed E-state index contributed by atoms with van der Waals surface area (Å²) in [6.45, 7) is 4.10. The number of nitrogens with one attached hydrogen (secondary N) is 2. The summed E-state index contributed by atoms with van der Waals surface area (Å²) in [6.07, 6.45) is 2.77.